The third kappa shape index (κ3) is 4.87. The molecule has 0 bridgehead atoms. The van der Waals surface area contributed by atoms with E-state index < -0.39 is 5.91 Å². The van der Waals surface area contributed by atoms with Crippen LogP contribution in [0.15, 0.2) is 79.2 Å². The van der Waals surface area contributed by atoms with Gasteiger partial charge in [0.05, 0.1) is 0 Å². The van der Waals surface area contributed by atoms with Gasteiger partial charge in [0.2, 0.25) is 11.8 Å². The van der Waals surface area contributed by atoms with E-state index in [9.17, 15) is 9.59 Å². The quantitative estimate of drug-likeness (QED) is 0.451. The first-order chi connectivity index (χ1) is 16.0. The van der Waals surface area contributed by atoms with Crippen LogP contribution in [0.4, 0.5) is 0 Å². The Morgan fingerprint density at radius 1 is 1.18 bits per heavy atom. The molecule has 0 saturated heterocycles. The van der Waals surface area contributed by atoms with Crippen LogP contribution in [0, 0.1) is 11.8 Å². The molecular weight excluding hydrogens is 410 g/mol. The number of benzene rings is 2. The van der Waals surface area contributed by atoms with E-state index in [2.05, 4.69) is 29.9 Å². The van der Waals surface area contributed by atoms with Gasteiger partial charge in [-0.05, 0) is 59.0 Å². The Balaban J connectivity index is 1.53. The lowest BCUT2D eigenvalue weighted by molar-refractivity contribution is -0.122. The standard InChI is InChI=1S/C28H29N3O2/c1-3-6-18(7-4-2)24-15-25(24)28(33)31-16-21-10-11-22(23-12-13-30-17-26(21)23)19-8-5-9-20(14-19)27(29)32/h3,5-6,8-14,17,24-25H,1,4,7,15-16H2,2H3,(H2,29,32)(H,31,33)/b18-6+. The smallest absolute Gasteiger partial charge is 0.248 e. The molecule has 1 fully saturated rings. The van der Waals surface area contributed by atoms with E-state index >= 15 is 0 Å². The van der Waals surface area contributed by atoms with Crippen molar-refractivity contribution >= 4 is 22.6 Å². The highest BCUT2D eigenvalue weighted by atomic mass is 16.2. The molecule has 3 aromatic rings. The maximum absolute atomic E-state index is 12.8. The van der Waals surface area contributed by atoms with Gasteiger partial charge in [-0.2, -0.15) is 0 Å². The number of carbonyl (C=O) groups excluding carboxylic acids is 2. The summed E-state index contributed by atoms with van der Waals surface area (Å²) in [6.45, 7) is 6.40. The molecule has 0 spiro atoms. The first kappa shape index (κ1) is 22.5. The fourth-order valence-electron chi connectivity index (χ4n) is 4.53. The highest BCUT2D eigenvalue weighted by Crippen LogP contribution is 2.46. The highest BCUT2D eigenvalue weighted by molar-refractivity contribution is 6.00. The fourth-order valence-corrected chi connectivity index (χ4v) is 4.53. The van der Waals surface area contributed by atoms with Gasteiger partial charge >= 0.3 is 0 Å². The van der Waals surface area contributed by atoms with E-state index in [4.69, 9.17) is 5.73 Å². The molecule has 0 radical (unpaired) electrons. The zero-order valence-corrected chi connectivity index (χ0v) is 18.9. The maximum atomic E-state index is 12.8. The molecule has 1 aliphatic rings. The van der Waals surface area contributed by atoms with Crippen molar-refractivity contribution in [1.82, 2.24) is 10.3 Å². The summed E-state index contributed by atoms with van der Waals surface area (Å²) in [5, 5.41) is 5.12. The van der Waals surface area contributed by atoms with Crippen LogP contribution in [0.3, 0.4) is 0 Å². The number of aromatic nitrogens is 1. The number of primary amides is 1. The van der Waals surface area contributed by atoms with Crippen molar-refractivity contribution in [1.29, 1.82) is 0 Å². The Kier molecular flexibility index (Phi) is 6.68. The third-order valence-electron chi connectivity index (χ3n) is 6.29. The largest absolute Gasteiger partial charge is 0.366 e. The number of nitrogens with two attached hydrogens (primary N) is 1. The van der Waals surface area contributed by atoms with Crippen molar-refractivity contribution in [2.45, 2.75) is 32.7 Å². The molecule has 3 N–H and O–H groups in total. The zero-order valence-electron chi connectivity index (χ0n) is 18.9. The van der Waals surface area contributed by atoms with E-state index in [0.717, 1.165) is 46.7 Å². The van der Waals surface area contributed by atoms with Crippen molar-refractivity contribution in [3.8, 4) is 11.1 Å². The summed E-state index contributed by atoms with van der Waals surface area (Å²) in [5.41, 5.74) is 10.2. The molecule has 4 rings (SSSR count). The number of carbonyl (C=O) groups is 2. The molecule has 1 saturated carbocycles. The van der Waals surface area contributed by atoms with E-state index in [-0.39, 0.29) is 11.8 Å². The molecular formula is C28H29N3O2. The van der Waals surface area contributed by atoms with E-state index in [1.165, 1.54) is 5.57 Å². The van der Waals surface area contributed by atoms with Crippen molar-refractivity contribution in [3.63, 3.8) is 0 Å². The van der Waals surface area contributed by atoms with Crippen LogP contribution in [-0.2, 0) is 11.3 Å². The number of nitrogens with one attached hydrogen (secondary N) is 1. The molecule has 5 nitrogen and oxygen atoms in total. The lowest BCUT2D eigenvalue weighted by atomic mass is 9.95. The van der Waals surface area contributed by atoms with Gasteiger partial charge in [-0.15, -0.1) is 0 Å². The zero-order chi connectivity index (χ0) is 23.4. The maximum Gasteiger partial charge on any atom is 0.248 e. The number of allylic oxidation sites excluding steroid dienone is 3. The van der Waals surface area contributed by atoms with E-state index in [1.54, 1.807) is 18.3 Å². The minimum Gasteiger partial charge on any atom is -0.366 e. The van der Waals surface area contributed by atoms with Crippen molar-refractivity contribution in [2.24, 2.45) is 17.6 Å². The van der Waals surface area contributed by atoms with Gasteiger partial charge in [0, 0.05) is 35.8 Å². The number of pyridine rings is 1. The number of hydrogen-bond acceptors (Lipinski definition) is 3. The fraction of sp³-hybridized carbons (Fsp3) is 0.250. The topological polar surface area (TPSA) is 85.1 Å². The Morgan fingerprint density at radius 2 is 2.03 bits per heavy atom. The first-order valence-corrected chi connectivity index (χ1v) is 11.4. The van der Waals surface area contributed by atoms with Crippen LogP contribution < -0.4 is 11.1 Å². The summed E-state index contributed by atoms with van der Waals surface area (Å²) in [6.07, 6.45) is 10.4. The first-order valence-electron chi connectivity index (χ1n) is 11.4. The second kappa shape index (κ2) is 9.82. The molecule has 0 aliphatic heterocycles. The predicted octanol–water partition coefficient (Wildman–Crippen LogP) is 5.17. The monoisotopic (exact) mass is 439 g/mol. The molecule has 1 aliphatic carbocycles. The molecule has 1 heterocycles. The number of fused-ring (bicyclic) bond motifs is 1. The molecule has 2 amide bonds. The SMILES string of the molecule is C=C/C=C(\CCC)C1CC1C(=O)NCc1ccc(-c2cccc(C(N)=O)c2)c2ccncc12. The number of rotatable bonds is 9. The average molecular weight is 440 g/mol. The van der Waals surface area contributed by atoms with Crippen LogP contribution in [0.5, 0.6) is 0 Å². The molecule has 33 heavy (non-hydrogen) atoms. The van der Waals surface area contributed by atoms with Crippen molar-refractivity contribution < 1.29 is 9.59 Å². The van der Waals surface area contributed by atoms with E-state index in [0.29, 0.717) is 18.0 Å². The van der Waals surface area contributed by atoms with Crippen LogP contribution in [-0.4, -0.2) is 16.8 Å². The predicted molar refractivity (Wildman–Crippen MR) is 132 cm³/mol. The molecule has 2 atom stereocenters. The molecule has 1 aromatic heterocycles. The molecule has 5 heteroatoms. The van der Waals surface area contributed by atoms with Gasteiger partial charge in [-0.25, -0.2) is 0 Å². The summed E-state index contributed by atoms with van der Waals surface area (Å²) in [5.74, 6) is 0.0242. The number of amides is 2. The summed E-state index contributed by atoms with van der Waals surface area (Å²) in [4.78, 5) is 28.7. The summed E-state index contributed by atoms with van der Waals surface area (Å²) >= 11 is 0. The van der Waals surface area contributed by atoms with Gasteiger partial charge in [0.15, 0.2) is 0 Å². The van der Waals surface area contributed by atoms with Crippen LogP contribution in [0.2, 0.25) is 0 Å². The Labute approximate surface area is 194 Å². The van der Waals surface area contributed by atoms with Gasteiger partial charge < -0.3 is 11.1 Å². The van der Waals surface area contributed by atoms with Gasteiger partial charge in [-0.1, -0.05) is 61.9 Å². The average Bonchev–Trinajstić information content (AvgIpc) is 3.63. The Bertz CT molecular complexity index is 1240. The Morgan fingerprint density at radius 3 is 2.79 bits per heavy atom. The number of hydrogen-bond donors (Lipinski definition) is 2. The third-order valence-corrected chi connectivity index (χ3v) is 6.29. The van der Waals surface area contributed by atoms with Crippen LogP contribution in [0.1, 0.15) is 42.1 Å². The van der Waals surface area contributed by atoms with Gasteiger partial charge in [0.1, 0.15) is 0 Å². The second-order valence-corrected chi connectivity index (χ2v) is 8.53. The van der Waals surface area contributed by atoms with Crippen LogP contribution >= 0.6 is 0 Å². The molecule has 2 unspecified atom stereocenters. The second-order valence-electron chi connectivity index (χ2n) is 8.53. The summed E-state index contributed by atoms with van der Waals surface area (Å²) < 4.78 is 0. The lowest BCUT2D eigenvalue weighted by Crippen LogP contribution is -2.25. The number of nitrogens with zero attached hydrogens (tertiary/aromatic N) is 1. The highest BCUT2D eigenvalue weighted by Gasteiger charge is 2.44. The summed E-state index contributed by atoms with van der Waals surface area (Å²) in [6, 6.07) is 13.3. The molecule has 168 valence electrons. The lowest BCUT2D eigenvalue weighted by Gasteiger charge is -2.13. The van der Waals surface area contributed by atoms with Crippen LogP contribution in [0.25, 0.3) is 21.9 Å². The van der Waals surface area contributed by atoms with Gasteiger partial charge in [-0.3, -0.25) is 14.6 Å². The minimum atomic E-state index is -0.453. The minimum absolute atomic E-state index is 0.0444. The van der Waals surface area contributed by atoms with Gasteiger partial charge in [0.25, 0.3) is 0 Å². The van der Waals surface area contributed by atoms with Crippen molar-refractivity contribution in [3.05, 3.63) is 90.3 Å². The van der Waals surface area contributed by atoms with Crippen molar-refractivity contribution in [2.75, 3.05) is 0 Å². The van der Waals surface area contributed by atoms with E-state index in [1.807, 2.05) is 42.6 Å². The Hall–Kier alpha value is -3.73. The summed E-state index contributed by atoms with van der Waals surface area (Å²) in [7, 11) is 0. The normalized spacial score (nSPS) is 17.5. The molecule has 2 aromatic carbocycles.